The Labute approximate surface area is 94.9 Å². The molecule has 1 saturated heterocycles. The van der Waals surface area contributed by atoms with Gasteiger partial charge in [-0.05, 0) is 12.0 Å². The lowest BCUT2D eigenvalue weighted by Gasteiger charge is -2.15. The molecular formula is C12H13NOS. The van der Waals surface area contributed by atoms with Crippen molar-refractivity contribution in [3.8, 4) is 0 Å². The smallest absolute Gasteiger partial charge is 0.231 e. The molecule has 0 radical (unpaired) electrons. The van der Waals surface area contributed by atoms with E-state index in [9.17, 15) is 4.79 Å². The van der Waals surface area contributed by atoms with Crippen LogP contribution in [0.5, 0.6) is 0 Å². The molecule has 3 heteroatoms. The second-order valence-corrected chi connectivity index (χ2v) is 4.18. The zero-order chi connectivity index (χ0) is 10.7. The van der Waals surface area contributed by atoms with Gasteiger partial charge in [0.25, 0.3) is 0 Å². The number of benzene rings is 1. The van der Waals surface area contributed by atoms with Crippen LogP contribution in [-0.4, -0.2) is 22.3 Å². The Hall–Kier alpha value is -1.22. The van der Waals surface area contributed by atoms with Crippen LogP contribution >= 0.6 is 12.2 Å². The zero-order valence-corrected chi connectivity index (χ0v) is 9.30. The topological polar surface area (TPSA) is 20.3 Å². The Morgan fingerprint density at radius 2 is 2.07 bits per heavy atom. The fourth-order valence-electron chi connectivity index (χ4n) is 1.78. The first-order valence-corrected chi connectivity index (χ1v) is 5.55. The highest BCUT2D eigenvalue weighted by Gasteiger charge is 2.22. The van der Waals surface area contributed by atoms with E-state index in [1.165, 1.54) is 0 Å². The summed E-state index contributed by atoms with van der Waals surface area (Å²) < 4.78 is 0. The van der Waals surface area contributed by atoms with Crippen LogP contribution in [0.4, 0.5) is 0 Å². The van der Waals surface area contributed by atoms with Crippen LogP contribution in [0.3, 0.4) is 0 Å². The third kappa shape index (κ3) is 2.42. The van der Waals surface area contributed by atoms with Crippen LogP contribution in [0, 0.1) is 0 Å². The average Bonchev–Trinajstić information content (AvgIpc) is 2.66. The molecule has 1 aromatic carbocycles. The van der Waals surface area contributed by atoms with Crippen LogP contribution in [0.25, 0.3) is 0 Å². The normalized spacial score (nSPS) is 15.7. The van der Waals surface area contributed by atoms with E-state index in [1.807, 2.05) is 30.3 Å². The third-order valence-electron chi connectivity index (χ3n) is 2.57. The predicted octanol–water partition coefficient (Wildman–Crippen LogP) is 2.18. The number of likely N-dealkylation sites (tertiary alicyclic amines) is 1. The number of nitrogens with zero attached hydrogens (tertiary/aromatic N) is 1. The van der Waals surface area contributed by atoms with Crippen molar-refractivity contribution < 1.29 is 4.79 Å². The van der Waals surface area contributed by atoms with Crippen molar-refractivity contribution in [3.05, 3.63) is 35.9 Å². The third-order valence-corrected chi connectivity index (χ3v) is 3.00. The van der Waals surface area contributed by atoms with E-state index in [0.717, 1.165) is 29.9 Å². The van der Waals surface area contributed by atoms with Crippen LogP contribution in [0.1, 0.15) is 18.4 Å². The van der Waals surface area contributed by atoms with Crippen LogP contribution < -0.4 is 0 Å². The van der Waals surface area contributed by atoms with Gasteiger partial charge in [0.1, 0.15) is 0 Å². The van der Waals surface area contributed by atoms with Gasteiger partial charge in [0.2, 0.25) is 5.91 Å². The van der Waals surface area contributed by atoms with E-state index in [4.69, 9.17) is 12.2 Å². The lowest BCUT2D eigenvalue weighted by Crippen LogP contribution is -2.32. The quantitative estimate of drug-likeness (QED) is 0.711. The molecule has 0 N–H and O–H groups in total. The van der Waals surface area contributed by atoms with Crippen LogP contribution in [0.15, 0.2) is 30.3 Å². The lowest BCUT2D eigenvalue weighted by molar-refractivity contribution is -0.126. The van der Waals surface area contributed by atoms with Gasteiger partial charge in [-0.15, -0.1) is 0 Å². The molecule has 0 saturated carbocycles. The van der Waals surface area contributed by atoms with Crippen LogP contribution in [-0.2, 0) is 11.2 Å². The van der Waals surface area contributed by atoms with Gasteiger partial charge in [0.05, 0.1) is 11.4 Å². The van der Waals surface area contributed by atoms with Crippen molar-refractivity contribution in [2.24, 2.45) is 0 Å². The summed E-state index contributed by atoms with van der Waals surface area (Å²) >= 11 is 5.14. The molecule has 1 aliphatic rings. The average molecular weight is 219 g/mol. The van der Waals surface area contributed by atoms with Gasteiger partial charge in [0.15, 0.2) is 0 Å². The van der Waals surface area contributed by atoms with Gasteiger partial charge in [-0.25, -0.2) is 0 Å². The highest BCUT2D eigenvalue weighted by Crippen LogP contribution is 2.13. The minimum atomic E-state index is 0.128. The van der Waals surface area contributed by atoms with Gasteiger partial charge in [-0.2, -0.15) is 0 Å². The first kappa shape index (κ1) is 10.3. The molecule has 0 aliphatic carbocycles. The molecule has 1 amide bonds. The number of amides is 1. The Kier molecular flexibility index (Phi) is 3.11. The standard InChI is InChI=1S/C12H13NOS/c14-11(13-8-4-7-12(13)15)9-10-5-2-1-3-6-10/h1-3,5-6H,4,7-9H2. The molecular weight excluding hydrogens is 206 g/mol. The summed E-state index contributed by atoms with van der Waals surface area (Å²) in [6.45, 7) is 0.796. The van der Waals surface area contributed by atoms with E-state index in [2.05, 4.69) is 0 Å². The maximum atomic E-state index is 11.9. The Morgan fingerprint density at radius 3 is 2.67 bits per heavy atom. The fourth-order valence-corrected chi connectivity index (χ4v) is 2.12. The highest BCUT2D eigenvalue weighted by molar-refractivity contribution is 7.80. The van der Waals surface area contributed by atoms with Crippen molar-refractivity contribution in [2.45, 2.75) is 19.3 Å². The summed E-state index contributed by atoms with van der Waals surface area (Å²) in [6.07, 6.45) is 2.36. The molecule has 78 valence electrons. The highest BCUT2D eigenvalue weighted by atomic mass is 32.1. The molecule has 0 unspecified atom stereocenters. The number of carbonyl (C=O) groups is 1. The molecule has 1 aliphatic heterocycles. The van der Waals surface area contributed by atoms with Crippen molar-refractivity contribution in [1.29, 1.82) is 0 Å². The summed E-state index contributed by atoms with van der Waals surface area (Å²) in [7, 11) is 0. The largest absolute Gasteiger partial charge is 0.306 e. The zero-order valence-electron chi connectivity index (χ0n) is 8.48. The van der Waals surface area contributed by atoms with E-state index >= 15 is 0 Å². The fraction of sp³-hybridized carbons (Fsp3) is 0.333. The minimum absolute atomic E-state index is 0.128. The number of thiocarbonyl (C=S) groups is 1. The molecule has 15 heavy (non-hydrogen) atoms. The first-order chi connectivity index (χ1) is 7.27. The maximum Gasteiger partial charge on any atom is 0.231 e. The molecule has 1 aromatic rings. The van der Waals surface area contributed by atoms with Crippen molar-refractivity contribution in [1.82, 2.24) is 4.90 Å². The van der Waals surface area contributed by atoms with Gasteiger partial charge in [0, 0.05) is 13.0 Å². The van der Waals surface area contributed by atoms with Crippen molar-refractivity contribution in [2.75, 3.05) is 6.54 Å². The Balaban J connectivity index is 2.01. The van der Waals surface area contributed by atoms with Gasteiger partial charge >= 0.3 is 0 Å². The van der Waals surface area contributed by atoms with Gasteiger partial charge < -0.3 is 4.90 Å². The maximum absolute atomic E-state index is 11.9. The van der Waals surface area contributed by atoms with Crippen molar-refractivity contribution >= 4 is 23.1 Å². The molecule has 1 fully saturated rings. The second kappa shape index (κ2) is 4.53. The molecule has 2 nitrogen and oxygen atoms in total. The SMILES string of the molecule is O=C(Cc1ccccc1)N1CCCC1=S. The lowest BCUT2D eigenvalue weighted by atomic mass is 10.1. The number of hydrogen-bond donors (Lipinski definition) is 0. The summed E-state index contributed by atoms with van der Waals surface area (Å²) in [5, 5.41) is 0. The predicted molar refractivity (Wildman–Crippen MR) is 63.7 cm³/mol. The number of carbonyl (C=O) groups excluding carboxylic acids is 1. The molecule has 0 spiro atoms. The molecule has 2 rings (SSSR count). The molecule has 1 heterocycles. The molecule has 0 aromatic heterocycles. The Morgan fingerprint density at radius 1 is 1.33 bits per heavy atom. The number of hydrogen-bond acceptors (Lipinski definition) is 2. The second-order valence-electron chi connectivity index (χ2n) is 3.71. The van der Waals surface area contributed by atoms with Gasteiger partial charge in [-0.1, -0.05) is 42.5 Å². The summed E-state index contributed by atoms with van der Waals surface area (Å²) in [5.41, 5.74) is 1.05. The van der Waals surface area contributed by atoms with E-state index in [-0.39, 0.29) is 5.91 Å². The molecule has 0 atom stereocenters. The van der Waals surface area contributed by atoms with E-state index in [0.29, 0.717) is 6.42 Å². The van der Waals surface area contributed by atoms with E-state index in [1.54, 1.807) is 4.90 Å². The first-order valence-electron chi connectivity index (χ1n) is 5.14. The number of rotatable bonds is 2. The summed E-state index contributed by atoms with van der Waals surface area (Å²) in [6, 6.07) is 9.79. The van der Waals surface area contributed by atoms with E-state index < -0.39 is 0 Å². The molecule has 0 bridgehead atoms. The summed E-state index contributed by atoms with van der Waals surface area (Å²) in [4.78, 5) is 14.4. The monoisotopic (exact) mass is 219 g/mol. The Bertz CT molecular complexity index is 374. The van der Waals surface area contributed by atoms with Crippen LogP contribution in [0.2, 0.25) is 0 Å². The van der Waals surface area contributed by atoms with Gasteiger partial charge in [-0.3, -0.25) is 4.79 Å². The summed E-state index contributed by atoms with van der Waals surface area (Å²) in [5.74, 6) is 0.128. The minimum Gasteiger partial charge on any atom is -0.306 e. The van der Waals surface area contributed by atoms with Crippen molar-refractivity contribution in [3.63, 3.8) is 0 Å².